The minimum atomic E-state index is -3.84. The normalized spacial score (nSPS) is 12.4. The lowest BCUT2D eigenvalue weighted by Crippen LogP contribution is -2.44. The molecule has 0 aliphatic carbocycles. The van der Waals surface area contributed by atoms with Crippen LogP contribution in [0.1, 0.15) is 38.7 Å². The van der Waals surface area contributed by atoms with E-state index in [0.717, 1.165) is 12.8 Å². The topological polar surface area (TPSA) is 92.7 Å². The number of rotatable bonds is 8. The van der Waals surface area contributed by atoms with Crippen LogP contribution in [0.5, 0.6) is 0 Å². The molecule has 0 aromatic heterocycles. The summed E-state index contributed by atoms with van der Waals surface area (Å²) >= 11 is 0. The fourth-order valence-electron chi connectivity index (χ4n) is 2.03. The molecule has 0 heterocycles. The second-order valence-corrected chi connectivity index (χ2v) is 7.59. The molecule has 0 saturated carbocycles. The van der Waals surface area contributed by atoms with Crippen LogP contribution in [0.4, 0.5) is 0 Å². The molecule has 25 heavy (non-hydrogen) atoms. The van der Waals surface area contributed by atoms with Gasteiger partial charge in [0.1, 0.15) is 6.04 Å². The number of aliphatic hydroxyl groups excluding tert-OH is 1. The zero-order chi connectivity index (χ0) is 18.9. The molecule has 1 aromatic rings. The Balaban J connectivity index is 2.84. The van der Waals surface area contributed by atoms with Crippen molar-refractivity contribution < 1.29 is 23.1 Å². The summed E-state index contributed by atoms with van der Waals surface area (Å²) in [7, 11) is -2.61. The molecule has 6 nitrogen and oxygen atoms in total. The number of nitrogens with one attached hydrogen (secondary N) is 1. The monoisotopic (exact) mass is 367 g/mol. The predicted octanol–water partition coefficient (Wildman–Crippen LogP) is 1.68. The number of aliphatic hydroxyl groups is 1. The van der Waals surface area contributed by atoms with Crippen molar-refractivity contribution in [1.82, 2.24) is 4.72 Å². The van der Waals surface area contributed by atoms with Crippen LogP contribution >= 0.6 is 0 Å². The Labute approximate surface area is 149 Å². The van der Waals surface area contributed by atoms with Crippen LogP contribution in [-0.4, -0.2) is 39.3 Å². The molecule has 0 saturated heterocycles. The standard InChI is InChI=1S/C18H25NO5S/c1-14(2)17(18(21)24-3)19-25(22,23)16-11-9-15(10-12-16)8-6-4-5-7-13-20/h9-12,14,17,19-20H,4-5,7,13H2,1-3H3/t17-/m1/s1. The second kappa shape index (κ2) is 10.2. The first-order valence-corrected chi connectivity index (χ1v) is 9.60. The van der Waals surface area contributed by atoms with Gasteiger partial charge in [-0.2, -0.15) is 4.72 Å². The molecule has 0 amide bonds. The van der Waals surface area contributed by atoms with Gasteiger partial charge in [-0.1, -0.05) is 25.7 Å². The summed E-state index contributed by atoms with van der Waals surface area (Å²) in [6.07, 6.45) is 2.22. The summed E-state index contributed by atoms with van der Waals surface area (Å²) in [5, 5.41) is 8.70. The van der Waals surface area contributed by atoms with Crippen molar-refractivity contribution in [1.29, 1.82) is 0 Å². The minimum Gasteiger partial charge on any atom is -0.468 e. The summed E-state index contributed by atoms with van der Waals surface area (Å²) < 4.78 is 31.9. The molecule has 1 aromatic carbocycles. The van der Waals surface area contributed by atoms with E-state index in [0.29, 0.717) is 12.0 Å². The molecule has 0 radical (unpaired) electrons. The summed E-state index contributed by atoms with van der Waals surface area (Å²) in [6.45, 7) is 3.63. The van der Waals surface area contributed by atoms with Gasteiger partial charge in [-0.05, 0) is 43.0 Å². The zero-order valence-corrected chi connectivity index (χ0v) is 15.6. The molecule has 7 heteroatoms. The summed E-state index contributed by atoms with van der Waals surface area (Å²) in [6, 6.07) is 5.21. The maximum Gasteiger partial charge on any atom is 0.324 e. The third-order valence-electron chi connectivity index (χ3n) is 3.51. The van der Waals surface area contributed by atoms with E-state index in [1.54, 1.807) is 26.0 Å². The molecular formula is C18H25NO5S. The maximum atomic E-state index is 12.4. The molecule has 0 unspecified atom stereocenters. The number of ether oxygens (including phenoxy) is 1. The van der Waals surface area contributed by atoms with E-state index < -0.39 is 22.0 Å². The summed E-state index contributed by atoms with van der Waals surface area (Å²) in [5.74, 6) is 5.06. The van der Waals surface area contributed by atoms with Crippen LogP contribution in [0.3, 0.4) is 0 Å². The SMILES string of the molecule is COC(=O)[C@H](NS(=O)(=O)c1ccc(C#CCCCCO)cc1)C(C)C. The molecule has 2 N–H and O–H groups in total. The lowest BCUT2D eigenvalue weighted by molar-refractivity contribution is -0.143. The van der Waals surface area contributed by atoms with E-state index in [-0.39, 0.29) is 17.4 Å². The Kier molecular flexibility index (Phi) is 8.62. The number of hydrogen-bond donors (Lipinski definition) is 2. The second-order valence-electron chi connectivity index (χ2n) is 5.87. The summed E-state index contributed by atoms with van der Waals surface area (Å²) in [5.41, 5.74) is 0.705. The maximum absolute atomic E-state index is 12.4. The molecule has 0 bridgehead atoms. The smallest absolute Gasteiger partial charge is 0.324 e. The van der Waals surface area contributed by atoms with E-state index in [1.807, 2.05) is 0 Å². The molecule has 0 spiro atoms. The van der Waals surface area contributed by atoms with Crippen molar-refractivity contribution >= 4 is 16.0 Å². The average Bonchev–Trinajstić information content (AvgIpc) is 2.59. The van der Waals surface area contributed by atoms with Gasteiger partial charge in [0.25, 0.3) is 0 Å². The van der Waals surface area contributed by atoms with Crippen molar-refractivity contribution in [2.45, 2.75) is 44.0 Å². The molecular weight excluding hydrogens is 342 g/mol. The van der Waals surface area contributed by atoms with Crippen LogP contribution in [0.2, 0.25) is 0 Å². The van der Waals surface area contributed by atoms with Gasteiger partial charge < -0.3 is 9.84 Å². The third-order valence-corrected chi connectivity index (χ3v) is 4.97. The lowest BCUT2D eigenvalue weighted by atomic mass is 10.1. The van der Waals surface area contributed by atoms with E-state index in [1.165, 1.54) is 19.2 Å². The van der Waals surface area contributed by atoms with Gasteiger partial charge in [0, 0.05) is 18.6 Å². The van der Waals surface area contributed by atoms with Gasteiger partial charge in [0.15, 0.2) is 0 Å². The van der Waals surface area contributed by atoms with Crippen LogP contribution in [0.15, 0.2) is 29.2 Å². The minimum absolute atomic E-state index is 0.0629. The van der Waals surface area contributed by atoms with E-state index in [4.69, 9.17) is 5.11 Å². The number of sulfonamides is 1. The van der Waals surface area contributed by atoms with Gasteiger partial charge in [-0.15, -0.1) is 0 Å². The van der Waals surface area contributed by atoms with E-state index >= 15 is 0 Å². The fraction of sp³-hybridized carbons (Fsp3) is 0.500. The Hall–Kier alpha value is -1.88. The lowest BCUT2D eigenvalue weighted by Gasteiger charge is -2.19. The molecule has 0 fully saturated rings. The highest BCUT2D eigenvalue weighted by Crippen LogP contribution is 2.13. The third kappa shape index (κ3) is 6.86. The highest BCUT2D eigenvalue weighted by Gasteiger charge is 2.28. The first-order chi connectivity index (χ1) is 11.8. The van der Waals surface area contributed by atoms with Crippen molar-refractivity contribution in [3.63, 3.8) is 0 Å². The number of carbonyl (C=O) groups is 1. The largest absolute Gasteiger partial charge is 0.468 e. The molecule has 0 aliphatic heterocycles. The number of esters is 1. The number of unbranched alkanes of at least 4 members (excludes halogenated alkanes) is 2. The quantitative estimate of drug-likeness (QED) is 0.414. The fourth-order valence-corrected chi connectivity index (χ4v) is 3.36. The van der Waals surface area contributed by atoms with Crippen molar-refractivity contribution in [2.24, 2.45) is 5.92 Å². The zero-order valence-electron chi connectivity index (χ0n) is 14.8. The molecule has 0 aliphatic rings. The van der Waals surface area contributed by atoms with Gasteiger partial charge in [-0.25, -0.2) is 8.42 Å². The van der Waals surface area contributed by atoms with Crippen LogP contribution in [0, 0.1) is 17.8 Å². The highest BCUT2D eigenvalue weighted by atomic mass is 32.2. The van der Waals surface area contributed by atoms with Gasteiger partial charge in [0.2, 0.25) is 10.0 Å². The van der Waals surface area contributed by atoms with Gasteiger partial charge in [-0.3, -0.25) is 4.79 Å². The molecule has 1 rings (SSSR count). The van der Waals surface area contributed by atoms with Crippen LogP contribution in [0.25, 0.3) is 0 Å². The van der Waals surface area contributed by atoms with Crippen LogP contribution in [-0.2, 0) is 19.6 Å². The number of hydrogen-bond acceptors (Lipinski definition) is 5. The van der Waals surface area contributed by atoms with Crippen molar-refractivity contribution in [3.8, 4) is 11.8 Å². The van der Waals surface area contributed by atoms with Gasteiger partial charge >= 0.3 is 5.97 Å². The number of carbonyl (C=O) groups excluding carboxylic acids is 1. The molecule has 1 atom stereocenters. The Morgan fingerprint density at radius 3 is 2.40 bits per heavy atom. The van der Waals surface area contributed by atoms with Crippen molar-refractivity contribution in [3.05, 3.63) is 29.8 Å². The Morgan fingerprint density at radius 2 is 1.88 bits per heavy atom. The van der Waals surface area contributed by atoms with Crippen molar-refractivity contribution in [2.75, 3.05) is 13.7 Å². The highest BCUT2D eigenvalue weighted by molar-refractivity contribution is 7.89. The Morgan fingerprint density at radius 1 is 1.24 bits per heavy atom. The predicted molar refractivity (Wildman–Crippen MR) is 95.2 cm³/mol. The van der Waals surface area contributed by atoms with E-state index in [9.17, 15) is 13.2 Å². The first kappa shape index (κ1) is 21.2. The average molecular weight is 367 g/mol. The number of methoxy groups -OCH3 is 1. The Bertz CT molecular complexity index is 714. The van der Waals surface area contributed by atoms with E-state index in [2.05, 4.69) is 21.3 Å². The van der Waals surface area contributed by atoms with Crippen LogP contribution < -0.4 is 4.72 Å². The van der Waals surface area contributed by atoms with Gasteiger partial charge in [0.05, 0.1) is 12.0 Å². The molecule has 138 valence electrons. The number of benzene rings is 1. The first-order valence-electron chi connectivity index (χ1n) is 8.11. The summed E-state index contributed by atoms with van der Waals surface area (Å²) in [4.78, 5) is 11.8.